The van der Waals surface area contributed by atoms with Crippen molar-refractivity contribution >= 4 is 75.1 Å². The number of aryl methyl sites for hydroxylation is 1. The minimum atomic E-state index is 0.222. The molecule has 2 rings (SSSR count). The van der Waals surface area contributed by atoms with Gasteiger partial charge in [0.2, 0.25) is 0 Å². The third-order valence-corrected chi connectivity index (χ3v) is 7.03. The molecule has 0 nitrogen and oxygen atoms in total. The molecular weight excluding hydrogens is 496 g/mol. The number of alkyl halides is 1. The molecule has 5 heteroatoms. The SMILES string of the molecule is Cc1cc(C(Br)c2ccc(Br)cc2Br)sc1Br. The summed E-state index contributed by atoms with van der Waals surface area (Å²) in [5.41, 5.74) is 2.52. The lowest BCUT2D eigenvalue weighted by Gasteiger charge is -2.10. The van der Waals surface area contributed by atoms with E-state index in [2.05, 4.69) is 94.9 Å². The van der Waals surface area contributed by atoms with Gasteiger partial charge in [0.15, 0.2) is 0 Å². The van der Waals surface area contributed by atoms with Crippen LogP contribution < -0.4 is 0 Å². The van der Waals surface area contributed by atoms with E-state index in [0.717, 1.165) is 8.95 Å². The van der Waals surface area contributed by atoms with E-state index in [-0.39, 0.29) is 4.83 Å². The predicted molar refractivity (Wildman–Crippen MR) is 89.4 cm³/mol. The summed E-state index contributed by atoms with van der Waals surface area (Å²) in [7, 11) is 0. The fourth-order valence-corrected chi connectivity index (χ4v) is 5.43. The van der Waals surface area contributed by atoms with Gasteiger partial charge in [-0.05, 0) is 52.2 Å². The first-order chi connectivity index (χ1) is 7.99. The number of benzene rings is 1. The van der Waals surface area contributed by atoms with Crippen molar-refractivity contribution in [2.75, 3.05) is 0 Å². The number of halogens is 4. The molecular formula is C12H8Br4S. The molecule has 0 saturated heterocycles. The van der Waals surface area contributed by atoms with Gasteiger partial charge in [-0.1, -0.05) is 53.9 Å². The largest absolute Gasteiger partial charge is 0.131 e. The second-order valence-corrected chi connectivity index (χ2v) is 8.72. The molecule has 2 aromatic rings. The maximum absolute atomic E-state index is 3.76. The molecule has 1 atom stereocenters. The molecule has 0 radical (unpaired) electrons. The number of rotatable bonds is 2. The molecule has 0 spiro atoms. The quantitative estimate of drug-likeness (QED) is 0.394. The summed E-state index contributed by atoms with van der Waals surface area (Å²) in [6.45, 7) is 2.11. The van der Waals surface area contributed by atoms with Gasteiger partial charge < -0.3 is 0 Å². The zero-order valence-electron chi connectivity index (χ0n) is 8.81. The molecule has 1 unspecified atom stereocenters. The van der Waals surface area contributed by atoms with Crippen molar-refractivity contribution < 1.29 is 0 Å². The Bertz CT molecular complexity index is 528. The Kier molecular flexibility index (Phi) is 4.92. The molecule has 1 aromatic heterocycles. The Morgan fingerprint density at radius 2 is 1.82 bits per heavy atom. The molecule has 0 amide bonds. The van der Waals surface area contributed by atoms with Crippen molar-refractivity contribution in [3.8, 4) is 0 Å². The van der Waals surface area contributed by atoms with Gasteiger partial charge in [0.1, 0.15) is 0 Å². The van der Waals surface area contributed by atoms with Crippen LogP contribution in [0.25, 0.3) is 0 Å². The van der Waals surface area contributed by atoms with Crippen molar-refractivity contribution in [2.45, 2.75) is 11.8 Å². The Balaban J connectivity index is 2.39. The van der Waals surface area contributed by atoms with Gasteiger partial charge in [0.25, 0.3) is 0 Å². The third kappa shape index (κ3) is 3.24. The van der Waals surface area contributed by atoms with Gasteiger partial charge in [-0.25, -0.2) is 0 Å². The molecule has 1 heterocycles. The summed E-state index contributed by atoms with van der Waals surface area (Å²) in [4.78, 5) is 1.53. The molecule has 0 bridgehead atoms. The summed E-state index contributed by atoms with van der Waals surface area (Å²) in [6.07, 6.45) is 0. The van der Waals surface area contributed by atoms with Crippen molar-refractivity contribution in [2.24, 2.45) is 0 Å². The maximum atomic E-state index is 3.76. The number of hydrogen-bond acceptors (Lipinski definition) is 1. The van der Waals surface area contributed by atoms with E-state index >= 15 is 0 Å². The van der Waals surface area contributed by atoms with E-state index in [4.69, 9.17) is 0 Å². The standard InChI is InChI=1S/C12H8Br4S/c1-6-4-10(17-12(6)16)11(15)8-3-2-7(13)5-9(8)14/h2-5,11H,1H3. The topological polar surface area (TPSA) is 0 Å². The number of thiophene rings is 1. The van der Waals surface area contributed by atoms with Crippen LogP contribution in [0.3, 0.4) is 0 Å². The highest BCUT2D eigenvalue weighted by Gasteiger charge is 2.16. The van der Waals surface area contributed by atoms with Crippen molar-refractivity contribution in [3.05, 3.63) is 53.0 Å². The summed E-state index contributed by atoms with van der Waals surface area (Å²) in [6, 6.07) is 8.46. The highest BCUT2D eigenvalue weighted by atomic mass is 79.9. The van der Waals surface area contributed by atoms with Crippen molar-refractivity contribution in [1.29, 1.82) is 0 Å². The lowest BCUT2D eigenvalue weighted by atomic mass is 10.1. The fraction of sp³-hybridized carbons (Fsp3) is 0.167. The van der Waals surface area contributed by atoms with E-state index in [0.29, 0.717) is 0 Å². The molecule has 90 valence electrons. The molecule has 0 aliphatic rings. The smallest absolute Gasteiger partial charge is 0.0749 e. The highest BCUT2D eigenvalue weighted by Crippen LogP contribution is 2.41. The van der Waals surface area contributed by atoms with Crippen LogP contribution in [0, 0.1) is 6.92 Å². The van der Waals surface area contributed by atoms with Crippen LogP contribution in [-0.2, 0) is 0 Å². The van der Waals surface area contributed by atoms with Gasteiger partial charge in [0, 0.05) is 13.8 Å². The van der Waals surface area contributed by atoms with Gasteiger partial charge in [-0.2, -0.15) is 0 Å². The number of hydrogen-bond donors (Lipinski definition) is 0. The van der Waals surface area contributed by atoms with E-state index in [9.17, 15) is 0 Å². The molecule has 0 N–H and O–H groups in total. The van der Waals surface area contributed by atoms with Crippen LogP contribution in [0.1, 0.15) is 20.8 Å². The van der Waals surface area contributed by atoms with Crippen LogP contribution >= 0.6 is 75.1 Å². The molecule has 0 aliphatic carbocycles. The van der Waals surface area contributed by atoms with Gasteiger partial charge in [-0.15, -0.1) is 11.3 Å². The Morgan fingerprint density at radius 3 is 2.35 bits per heavy atom. The lowest BCUT2D eigenvalue weighted by Crippen LogP contribution is -1.91. The molecule has 0 fully saturated rings. The zero-order valence-corrected chi connectivity index (χ0v) is 16.0. The van der Waals surface area contributed by atoms with E-state index in [1.165, 1.54) is 19.8 Å². The van der Waals surface area contributed by atoms with E-state index in [1.54, 1.807) is 11.3 Å². The summed E-state index contributed by atoms with van der Waals surface area (Å²) >= 11 is 16.2. The summed E-state index contributed by atoms with van der Waals surface area (Å²) < 4.78 is 3.39. The van der Waals surface area contributed by atoms with Crippen LogP contribution in [0.4, 0.5) is 0 Å². The molecule has 0 saturated carbocycles. The fourth-order valence-electron chi connectivity index (χ4n) is 1.47. The minimum absolute atomic E-state index is 0.222. The monoisotopic (exact) mass is 500 g/mol. The molecule has 1 aromatic carbocycles. The first-order valence-electron chi connectivity index (χ1n) is 4.84. The van der Waals surface area contributed by atoms with E-state index < -0.39 is 0 Å². The first-order valence-corrected chi connectivity index (χ1v) is 8.95. The summed E-state index contributed by atoms with van der Waals surface area (Å²) in [5.74, 6) is 0. The van der Waals surface area contributed by atoms with Crippen LogP contribution in [0.15, 0.2) is 37.0 Å². The Morgan fingerprint density at radius 1 is 1.12 bits per heavy atom. The second kappa shape index (κ2) is 5.87. The second-order valence-electron chi connectivity index (χ2n) is 3.63. The average Bonchev–Trinajstić information content (AvgIpc) is 2.58. The Hall–Kier alpha value is 0.840. The van der Waals surface area contributed by atoms with Gasteiger partial charge >= 0.3 is 0 Å². The van der Waals surface area contributed by atoms with Gasteiger partial charge in [0.05, 0.1) is 8.61 Å². The first kappa shape index (κ1) is 14.3. The van der Waals surface area contributed by atoms with Crippen LogP contribution in [-0.4, -0.2) is 0 Å². The molecule has 17 heavy (non-hydrogen) atoms. The van der Waals surface area contributed by atoms with Crippen LogP contribution in [0.5, 0.6) is 0 Å². The lowest BCUT2D eigenvalue weighted by molar-refractivity contribution is 1.20. The zero-order chi connectivity index (χ0) is 12.6. The molecule has 0 aliphatic heterocycles. The highest BCUT2D eigenvalue weighted by molar-refractivity contribution is 9.11. The average molecular weight is 504 g/mol. The van der Waals surface area contributed by atoms with Crippen LogP contribution in [0.2, 0.25) is 0 Å². The Labute approximate surface area is 138 Å². The van der Waals surface area contributed by atoms with E-state index in [1.807, 2.05) is 0 Å². The minimum Gasteiger partial charge on any atom is -0.131 e. The van der Waals surface area contributed by atoms with Crippen molar-refractivity contribution in [1.82, 2.24) is 0 Å². The van der Waals surface area contributed by atoms with Crippen molar-refractivity contribution in [3.63, 3.8) is 0 Å². The predicted octanol–water partition coefficient (Wildman–Crippen LogP) is 6.83. The summed E-state index contributed by atoms with van der Waals surface area (Å²) in [5, 5.41) is 0. The van der Waals surface area contributed by atoms with Gasteiger partial charge in [-0.3, -0.25) is 0 Å². The normalized spacial score (nSPS) is 12.8. The maximum Gasteiger partial charge on any atom is 0.0749 e. The third-order valence-electron chi connectivity index (χ3n) is 2.36.